The minimum absolute atomic E-state index is 0.582. The van der Waals surface area contributed by atoms with Crippen LogP contribution in [0.4, 0.5) is 18.9 Å². The van der Waals surface area contributed by atoms with Gasteiger partial charge >= 0.3 is 12.1 Å². The molecule has 0 amide bonds. The number of allylic oxidation sites excluding steroid dienone is 2. The summed E-state index contributed by atoms with van der Waals surface area (Å²) in [6.45, 7) is 2.03. The lowest BCUT2D eigenvalue weighted by Crippen LogP contribution is -2.29. The Labute approximate surface area is 167 Å². The van der Waals surface area contributed by atoms with Gasteiger partial charge in [0.25, 0.3) is 0 Å². The van der Waals surface area contributed by atoms with Crippen LogP contribution in [0.3, 0.4) is 0 Å². The summed E-state index contributed by atoms with van der Waals surface area (Å²) in [4.78, 5) is 13.1. The molecule has 2 aromatic rings. The van der Waals surface area contributed by atoms with Crippen LogP contribution in [0.1, 0.15) is 36.0 Å². The lowest BCUT2D eigenvalue weighted by Gasteiger charge is -2.29. The van der Waals surface area contributed by atoms with Crippen LogP contribution in [-0.4, -0.2) is 24.2 Å². The predicted molar refractivity (Wildman–Crippen MR) is 108 cm³/mol. The SMILES string of the molecule is O=C(O)/C=C/C=C(/c1ccc(N2CCCCC2)cc1)c1ccc(C(F)(F)F)cc1. The number of anilines is 1. The van der Waals surface area contributed by atoms with Gasteiger partial charge in [-0.25, -0.2) is 4.79 Å². The summed E-state index contributed by atoms with van der Waals surface area (Å²) in [6, 6.07) is 12.7. The quantitative estimate of drug-likeness (QED) is 0.511. The fraction of sp³-hybridized carbons (Fsp3) is 0.261. The highest BCUT2D eigenvalue weighted by Gasteiger charge is 2.30. The average Bonchev–Trinajstić information content (AvgIpc) is 2.71. The molecule has 0 radical (unpaired) electrons. The summed E-state index contributed by atoms with van der Waals surface area (Å²) in [5.41, 5.74) is 2.43. The van der Waals surface area contributed by atoms with E-state index in [4.69, 9.17) is 5.11 Å². The first kappa shape index (κ1) is 20.7. The zero-order valence-electron chi connectivity index (χ0n) is 15.8. The van der Waals surface area contributed by atoms with Gasteiger partial charge in [-0.3, -0.25) is 0 Å². The van der Waals surface area contributed by atoms with Crippen molar-refractivity contribution in [3.8, 4) is 0 Å². The van der Waals surface area contributed by atoms with Crippen molar-refractivity contribution in [2.24, 2.45) is 0 Å². The number of piperidine rings is 1. The molecule has 1 aliphatic rings. The van der Waals surface area contributed by atoms with Crippen LogP contribution in [0.25, 0.3) is 5.57 Å². The van der Waals surface area contributed by atoms with Crippen molar-refractivity contribution in [2.75, 3.05) is 18.0 Å². The number of carboxylic acid groups (broad SMARTS) is 1. The molecule has 2 aromatic carbocycles. The zero-order chi connectivity index (χ0) is 20.9. The third-order valence-electron chi connectivity index (χ3n) is 4.92. The normalized spacial score (nSPS) is 15.7. The standard InChI is InChI=1S/C23H22F3NO2/c24-23(25,26)19-11-7-17(8-12-19)21(5-4-6-22(28)29)18-9-13-20(14-10-18)27-15-2-1-3-16-27/h4-14H,1-3,15-16H2,(H,28,29)/b6-4+,21-5+. The molecule has 0 unspecified atom stereocenters. The van der Waals surface area contributed by atoms with Crippen LogP contribution in [0, 0.1) is 0 Å². The largest absolute Gasteiger partial charge is 0.478 e. The Bertz CT molecular complexity index is 891. The van der Waals surface area contributed by atoms with E-state index in [9.17, 15) is 18.0 Å². The topological polar surface area (TPSA) is 40.5 Å². The third-order valence-corrected chi connectivity index (χ3v) is 4.92. The number of alkyl halides is 3. The molecule has 0 atom stereocenters. The number of hydrogen-bond donors (Lipinski definition) is 1. The molecular formula is C23H22F3NO2. The number of aliphatic carboxylic acids is 1. The molecule has 1 aliphatic heterocycles. The molecule has 3 nitrogen and oxygen atoms in total. The first-order valence-electron chi connectivity index (χ1n) is 9.49. The van der Waals surface area contributed by atoms with Gasteiger partial charge in [0.05, 0.1) is 5.56 Å². The number of carboxylic acids is 1. The Kier molecular flexibility index (Phi) is 6.42. The van der Waals surface area contributed by atoms with E-state index in [2.05, 4.69) is 4.90 Å². The second-order valence-corrected chi connectivity index (χ2v) is 6.95. The summed E-state index contributed by atoms with van der Waals surface area (Å²) in [5, 5.41) is 8.83. The van der Waals surface area contributed by atoms with Crippen molar-refractivity contribution in [1.29, 1.82) is 0 Å². The first-order chi connectivity index (χ1) is 13.8. The van der Waals surface area contributed by atoms with Crippen molar-refractivity contribution in [3.05, 3.63) is 83.4 Å². The van der Waals surface area contributed by atoms with Gasteiger partial charge < -0.3 is 10.0 Å². The van der Waals surface area contributed by atoms with E-state index in [-0.39, 0.29) is 0 Å². The molecule has 1 fully saturated rings. The molecule has 3 rings (SSSR count). The van der Waals surface area contributed by atoms with Crippen molar-refractivity contribution in [3.63, 3.8) is 0 Å². The van der Waals surface area contributed by atoms with E-state index in [0.717, 1.165) is 42.5 Å². The van der Waals surface area contributed by atoms with Crippen molar-refractivity contribution >= 4 is 17.2 Å². The number of nitrogens with zero attached hydrogens (tertiary/aromatic N) is 1. The number of benzene rings is 2. The Morgan fingerprint density at radius 2 is 1.45 bits per heavy atom. The number of carbonyl (C=O) groups is 1. The maximum absolute atomic E-state index is 12.9. The Balaban J connectivity index is 1.92. The zero-order valence-corrected chi connectivity index (χ0v) is 15.8. The molecule has 0 aromatic heterocycles. The van der Waals surface area contributed by atoms with Crippen LogP contribution in [0.5, 0.6) is 0 Å². The molecule has 1 heterocycles. The van der Waals surface area contributed by atoms with Gasteiger partial charge in [0, 0.05) is 24.9 Å². The number of hydrogen-bond acceptors (Lipinski definition) is 2. The van der Waals surface area contributed by atoms with Gasteiger partial charge in [-0.1, -0.05) is 36.4 Å². The molecular weight excluding hydrogens is 379 g/mol. The summed E-state index contributed by atoms with van der Waals surface area (Å²) >= 11 is 0. The van der Waals surface area contributed by atoms with Crippen LogP contribution in [0.2, 0.25) is 0 Å². The lowest BCUT2D eigenvalue weighted by molar-refractivity contribution is -0.137. The van der Waals surface area contributed by atoms with E-state index in [1.807, 2.05) is 24.3 Å². The van der Waals surface area contributed by atoms with E-state index in [1.54, 1.807) is 6.08 Å². The minimum atomic E-state index is -4.40. The molecule has 0 spiro atoms. The van der Waals surface area contributed by atoms with Gasteiger partial charge in [-0.2, -0.15) is 13.2 Å². The van der Waals surface area contributed by atoms with E-state index in [0.29, 0.717) is 11.1 Å². The smallest absolute Gasteiger partial charge is 0.416 e. The summed E-state index contributed by atoms with van der Waals surface area (Å²) in [7, 11) is 0. The molecule has 1 saturated heterocycles. The van der Waals surface area contributed by atoms with Gasteiger partial charge in [-0.05, 0) is 60.2 Å². The minimum Gasteiger partial charge on any atom is -0.478 e. The first-order valence-corrected chi connectivity index (χ1v) is 9.49. The summed E-state index contributed by atoms with van der Waals surface area (Å²) in [5.74, 6) is -1.09. The Hall–Kier alpha value is -3.02. The van der Waals surface area contributed by atoms with Crippen LogP contribution >= 0.6 is 0 Å². The second-order valence-electron chi connectivity index (χ2n) is 6.95. The highest BCUT2D eigenvalue weighted by molar-refractivity contribution is 5.84. The molecule has 152 valence electrons. The second kappa shape index (κ2) is 8.99. The van der Waals surface area contributed by atoms with Gasteiger partial charge in [-0.15, -0.1) is 0 Å². The Morgan fingerprint density at radius 3 is 1.97 bits per heavy atom. The van der Waals surface area contributed by atoms with E-state index in [1.165, 1.54) is 37.5 Å². The molecule has 1 N–H and O–H groups in total. The highest BCUT2D eigenvalue weighted by atomic mass is 19.4. The highest BCUT2D eigenvalue weighted by Crippen LogP contribution is 2.32. The maximum atomic E-state index is 12.9. The van der Waals surface area contributed by atoms with E-state index >= 15 is 0 Å². The van der Waals surface area contributed by atoms with Crippen LogP contribution in [0.15, 0.2) is 66.8 Å². The van der Waals surface area contributed by atoms with Crippen molar-refractivity contribution in [2.45, 2.75) is 25.4 Å². The Morgan fingerprint density at radius 1 is 0.897 bits per heavy atom. The third kappa shape index (κ3) is 5.50. The molecule has 0 bridgehead atoms. The predicted octanol–water partition coefficient (Wildman–Crippen LogP) is 5.77. The van der Waals surface area contributed by atoms with Crippen LogP contribution < -0.4 is 4.90 Å². The van der Waals surface area contributed by atoms with Gasteiger partial charge in [0.2, 0.25) is 0 Å². The lowest BCUT2D eigenvalue weighted by atomic mass is 9.96. The number of halogens is 3. The average molecular weight is 401 g/mol. The fourth-order valence-corrected chi connectivity index (χ4v) is 3.43. The van der Waals surface area contributed by atoms with Crippen molar-refractivity contribution in [1.82, 2.24) is 0 Å². The molecule has 0 aliphatic carbocycles. The number of rotatable bonds is 5. The van der Waals surface area contributed by atoms with Crippen LogP contribution in [-0.2, 0) is 11.0 Å². The summed E-state index contributed by atoms with van der Waals surface area (Å²) in [6.07, 6.45) is 3.15. The van der Waals surface area contributed by atoms with Crippen molar-refractivity contribution < 1.29 is 23.1 Å². The molecule has 0 saturated carbocycles. The molecule has 29 heavy (non-hydrogen) atoms. The molecule has 6 heteroatoms. The monoisotopic (exact) mass is 401 g/mol. The van der Waals surface area contributed by atoms with Gasteiger partial charge in [0.1, 0.15) is 0 Å². The maximum Gasteiger partial charge on any atom is 0.416 e. The summed E-state index contributed by atoms with van der Waals surface area (Å²) < 4.78 is 38.6. The van der Waals surface area contributed by atoms with Gasteiger partial charge in [0.15, 0.2) is 0 Å². The van der Waals surface area contributed by atoms with E-state index < -0.39 is 17.7 Å². The fourth-order valence-electron chi connectivity index (χ4n) is 3.43.